The number of nitrogens with zero attached hydrogens (tertiary/aromatic N) is 1. The van der Waals surface area contributed by atoms with E-state index in [0.717, 1.165) is 18.0 Å². The van der Waals surface area contributed by atoms with E-state index in [4.69, 9.17) is 4.74 Å². The molecule has 2 aromatic carbocycles. The van der Waals surface area contributed by atoms with Crippen LogP contribution in [0.5, 0.6) is 5.75 Å². The summed E-state index contributed by atoms with van der Waals surface area (Å²) < 4.78 is 5.81. The number of hydrogen-bond donors (Lipinski definition) is 1. The highest BCUT2D eigenvalue weighted by molar-refractivity contribution is 7.98. The smallest absolute Gasteiger partial charge is 0.121 e. The molecule has 0 unspecified atom stereocenters. The Morgan fingerprint density at radius 3 is 2.71 bits per heavy atom. The van der Waals surface area contributed by atoms with E-state index in [1.165, 1.54) is 10.6 Å². The summed E-state index contributed by atoms with van der Waals surface area (Å²) in [6.45, 7) is 1.51. The third kappa shape index (κ3) is 4.60. The summed E-state index contributed by atoms with van der Waals surface area (Å²) in [7, 11) is 4.00. The SMILES string of the molecule is CNc1cccc(OCCN(C)c2cccc(SC)c2)c1. The number of thioether (sulfide) groups is 1. The first kappa shape index (κ1) is 15.6. The minimum Gasteiger partial charge on any atom is -0.492 e. The summed E-state index contributed by atoms with van der Waals surface area (Å²) in [6, 6.07) is 16.5. The first-order valence-electron chi connectivity index (χ1n) is 6.98. The van der Waals surface area contributed by atoms with Gasteiger partial charge >= 0.3 is 0 Å². The summed E-state index contributed by atoms with van der Waals surface area (Å²) in [5.41, 5.74) is 2.28. The van der Waals surface area contributed by atoms with Crippen molar-refractivity contribution < 1.29 is 4.74 Å². The van der Waals surface area contributed by atoms with Crippen molar-refractivity contribution in [2.24, 2.45) is 0 Å². The number of ether oxygens (including phenoxy) is 1. The van der Waals surface area contributed by atoms with E-state index in [-0.39, 0.29) is 0 Å². The average molecular weight is 302 g/mol. The summed E-state index contributed by atoms with van der Waals surface area (Å²) in [5, 5.41) is 3.11. The zero-order valence-electron chi connectivity index (χ0n) is 12.8. The third-order valence-electron chi connectivity index (χ3n) is 3.31. The molecule has 0 aliphatic rings. The molecule has 0 amide bonds. The number of benzene rings is 2. The summed E-state index contributed by atoms with van der Waals surface area (Å²) in [4.78, 5) is 3.49. The number of anilines is 2. The maximum absolute atomic E-state index is 5.81. The van der Waals surface area contributed by atoms with E-state index >= 15 is 0 Å². The highest BCUT2D eigenvalue weighted by Crippen LogP contribution is 2.21. The zero-order valence-corrected chi connectivity index (χ0v) is 13.6. The molecule has 1 N–H and O–H groups in total. The molecule has 3 nitrogen and oxygen atoms in total. The van der Waals surface area contributed by atoms with Crippen molar-refractivity contribution in [1.82, 2.24) is 0 Å². The van der Waals surface area contributed by atoms with Crippen LogP contribution < -0.4 is 15.0 Å². The first-order chi connectivity index (χ1) is 10.2. The van der Waals surface area contributed by atoms with Crippen LogP contribution >= 0.6 is 11.8 Å². The normalized spacial score (nSPS) is 10.2. The van der Waals surface area contributed by atoms with Gasteiger partial charge in [-0.05, 0) is 36.6 Å². The van der Waals surface area contributed by atoms with Gasteiger partial charge in [-0.3, -0.25) is 0 Å². The fourth-order valence-electron chi connectivity index (χ4n) is 2.02. The molecule has 0 aliphatic carbocycles. The highest BCUT2D eigenvalue weighted by Gasteiger charge is 2.02. The molecule has 21 heavy (non-hydrogen) atoms. The van der Waals surface area contributed by atoms with Crippen LogP contribution in [0.3, 0.4) is 0 Å². The maximum Gasteiger partial charge on any atom is 0.121 e. The van der Waals surface area contributed by atoms with Gasteiger partial charge in [-0.2, -0.15) is 0 Å². The van der Waals surface area contributed by atoms with Gasteiger partial charge in [0.15, 0.2) is 0 Å². The summed E-state index contributed by atoms with van der Waals surface area (Å²) in [5.74, 6) is 0.896. The lowest BCUT2D eigenvalue weighted by atomic mass is 10.3. The molecule has 0 radical (unpaired) electrons. The Morgan fingerprint density at radius 1 is 1.14 bits per heavy atom. The molecule has 0 fully saturated rings. The molecule has 4 heteroatoms. The lowest BCUT2D eigenvalue weighted by Crippen LogP contribution is -2.23. The van der Waals surface area contributed by atoms with Gasteiger partial charge in [-0.25, -0.2) is 0 Å². The lowest BCUT2D eigenvalue weighted by Gasteiger charge is -2.20. The highest BCUT2D eigenvalue weighted by atomic mass is 32.2. The second kappa shape index (κ2) is 7.84. The van der Waals surface area contributed by atoms with Gasteiger partial charge in [0.05, 0.1) is 6.54 Å². The van der Waals surface area contributed by atoms with Crippen LogP contribution in [-0.4, -0.2) is 33.5 Å². The third-order valence-corrected chi connectivity index (χ3v) is 4.04. The molecule has 0 spiro atoms. The molecule has 112 valence electrons. The monoisotopic (exact) mass is 302 g/mol. The molecular formula is C17H22N2OS. The Labute approximate surface area is 131 Å². The standard InChI is InChI=1S/C17H22N2OS/c1-18-14-6-4-8-16(12-14)20-11-10-19(2)15-7-5-9-17(13-15)21-3/h4-9,12-13,18H,10-11H2,1-3H3. The average Bonchev–Trinajstić information content (AvgIpc) is 2.55. The first-order valence-corrected chi connectivity index (χ1v) is 8.21. The molecule has 2 rings (SSSR count). The van der Waals surface area contributed by atoms with Crippen molar-refractivity contribution in [3.8, 4) is 5.75 Å². The van der Waals surface area contributed by atoms with Crippen molar-refractivity contribution in [2.45, 2.75) is 4.90 Å². The predicted octanol–water partition coefficient (Wildman–Crippen LogP) is 3.97. The van der Waals surface area contributed by atoms with Crippen molar-refractivity contribution in [2.75, 3.05) is 43.7 Å². The molecule has 0 bridgehead atoms. The fourth-order valence-corrected chi connectivity index (χ4v) is 2.47. The Hall–Kier alpha value is -1.81. The molecule has 0 heterocycles. The quantitative estimate of drug-likeness (QED) is 0.782. The van der Waals surface area contributed by atoms with E-state index in [2.05, 4.69) is 47.8 Å². The largest absolute Gasteiger partial charge is 0.492 e. The van der Waals surface area contributed by atoms with Crippen LogP contribution in [0.4, 0.5) is 11.4 Å². The number of hydrogen-bond acceptors (Lipinski definition) is 4. The summed E-state index contributed by atoms with van der Waals surface area (Å²) in [6.07, 6.45) is 2.09. The van der Waals surface area contributed by atoms with Crippen molar-refractivity contribution in [3.63, 3.8) is 0 Å². The molecule has 0 atom stereocenters. The topological polar surface area (TPSA) is 24.5 Å². The van der Waals surface area contributed by atoms with Gasteiger partial charge in [0.25, 0.3) is 0 Å². The molecule has 0 saturated carbocycles. The van der Waals surface area contributed by atoms with Gasteiger partial charge in [0.1, 0.15) is 12.4 Å². The van der Waals surface area contributed by atoms with Gasteiger partial charge in [0, 0.05) is 36.4 Å². The minimum absolute atomic E-state index is 0.660. The van der Waals surface area contributed by atoms with Crippen LogP contribution in [0.1, 0.15) is 0 Å². The number of nitrogens with one attached hydrogen (secondary N) is 1. The Kier molecular flexibility index (Phi) is 5.81. The Bertz CT molecular complexity index is 574. The second-order valence-corrected chi connectivity index (χ2v) is 5.63. The fraction of sp³-hybridized carbons (Fsp3) is 0.294. The van der Waals surface area contributed by atoms with Crippen molar-refractivity contribution in [3.05, 3.63) is 48.5 Å². The minimum atomic E-state index is 0.660. The van der Waals surface area contributed by atoms with Gasteiger partial charge < -0.3 is 15.0 Å². The van der Waals surface area contributed by atoms with Crippen molar-refractivity contribution in [1.29, 1.82) is 0 Å². The second-order valence-electron chi connectivity index (χ2n) is 4.75. The predicted molar refractivity (Wildman–Crippen MR) is 93.0 cm³/mol. The molecule has 2 aromatic rings. The van der Waals surface area contributed by atoms with E-state index in [9.17, 15) is 0 Å². The Balaban J connectivity index is 1.87. The molecular weight excluding hydrogens is 280 g/mol. The van der Waals surface area contributed by atoms with Gasteiger partial charge in [0.2, 0.25) is 0 Å². The molecule has 0 aromatic heterocycles. The van der Waals surface area contributed by atoms with Gasteiger partial charge in [-0.15, -0.1) is 11.8 Å². The van der Waals surface area contributed by atoms with Gasteiger partial charge in [-0.1, -0.05) is 12.1 Å². The van der Waals surface area contributed by atoms with E-state index in [0.29, 0.717) is 6.61 Å². The van der Waals surface area contributed by atoms with E-state index < -0.39 is 0 Å². The van der Waals surface area contributed by atoms with Crippen LogP contribution in [0, 0.1) is 0 Å². The number of likely N-dealkylation sites (N-methyl/N-ethyl adjacent to an activating group) is 1. The Morgan fingerprint density at radius 2 is 1.95 bits per heavy atom. The van der Waals surface area contributed by atoms with E-state index in [1.54, 1.807) is 11.8 Å². The van der Waals surface area contributed by atoms with Crippen LogP contribution in [0.2, 0.25) is 0 Å². The van der Waals surface area contributed by atoms with E-state index in [1.807, 2.05) is 31.3 Å². The zero-order chi connectivity index (χ0) is 15.1. The van der Waals surface area contributed by atoms with Crippen LogP contribution in [0.15, 0.2) is 53.4 Å². The van der Waals surface area contributed by atoms with Crippen LogP contribution in [-0.2, 0) is 0 Å². The van der Waals surface area contributed by atoms with Crippen LogP contribution in [0.25, 0.3) is 0 Å². The number of rotatable bonds is 7. The van der Waals surface area contributed by atoms with Crippen molar-refractivity contribution >= 4 is 23.1 Å². The molecule has 0 aliphatic heterocycles. The molecule has 0 saturated heterocycles. The lowest BCUT2D eigenvalue weighted by molar-refractivity contribution is 0.326. The summed E-state index contributed by atoms with van der Waals surface area (Å²) >= 11 is 1.76. The maximum atomic E-state index is 5.81.